The van der Waals surface area contributed by atoms with Crippen LogP contribution in [-0.4, -0.2) is 60.9 Å². The van der Waals surface area contributed by atoms with Gasteiger partial charge in [0.15, 0.2) is 17.7 Å². The Labute approximate surface area is 143 Å². The lowest BCUT2D eigenvalue weighted by molar-refractivity contribution is -0.0856. The molecule has 0 aromatic carbocycles. The lowest BCUT2D eigenvalue weighted by atomic mass is 10.1. The Morgan fingerprint density at radius 3 is 2.96 bits per heavy atom. The Kier molecular flexibility index (Phi) is 5.08. The fourth-order valence-corrected chi connectivity index (χ4v) is 2.49. The summed E-state index contributed by atoms with van der Waals surface area (Å²) in [6, 6.07) is 0. The van der Waals surface area contributed by atoms with Crippen molar-refractivity contribution in [1.82, 2.24) is 25.1 Å². The van der Waals surface area contributed by atoms with Crippen LogP contribution < -0.4 is 11.3 Å². The van der Waals surface area contributed by atoms with Gasteiger partial charge in [0.05, 0.1) is 6.33 Å². The number of fused-ring (bicyclic) bond motifs is 1. The summed E-state index contributed by atoms with van der Waals surface area (Å²) < 4.78 is 7.22. The van der Waals surface area contributed by atoms with Crippen molar-refractivity contribution < 1.29 is 19.8 Å². The SMILES string of the molecule is CC(C)C=NNOC[C@H]1O[C@@H](n2cnc3c(N)ncnc32)[C@H](O)[C@@H]1O. The van der Waals surface area contributed by atoms with Gasteiger partial charge in [0.25, 0.3) is 0 Å². The lowest BCUT2D eigenvalue weighted by Gasteiger charge is -2.16. The maximum absolute atomic E-state index is 10.3. The van der Waals surface area contributed by atoms with Gasteiger partial charge in [-0.3, -0.25) is 9.40 Å². The Morgan fingerprint density at radius 1 is 1.40 bits per heavy atom. The average molecular weight is 351 g/mol. The normalized spacial score (nSPS) is 26.9. The summed E-state index contributed by atoms with van der Waals surface area (Å²) in [6.07, 6.45) is 0.459. The van der Waals surface area contributed by atoms with Crippen molar-refractivity contribution in [2.24, 2.45) is 11.0 Å². The van der Waals surface area contributed by atoms with Crippen LogP contribution in [0.2, 0.25) is 0 Å². The van der Waals surface area contributed by atoms with Crippen molar-refractivity contribution in [2.45, 2.75) is 38.4 Å². The quantitative estimate of drug-likeness (QED) is 0.297. The first-order valence-electron chi connectivity index (χ1n) is 7.83. The van der Waals surface area contributed by atoms with Gasteiger partial charge in [-0.1, -0.05) is 13.8 Å². The predicted molar refractivity (Wildman–Crippen MR) is 88.1 cm³/mol. The van der Waals surface area contributed by atoms with Crippen molar-refractivity contribution in [2.75, 3.05) is 12.3 Å². The fourth-order valence-electron chi connectivity index (χ4n) is 2.49. The molecule has 1 aliphatic heterocycles. The summed E-state index contributed by atoms with van der Waals surface area (Å²) in [6.45, 7) is 3.94. The molecular weight excluding hydrogens is 330 g/mol. The highest BCUT2D eigenvalue weighted by Crippen LogP contribution is 2.31. The van der Waals surface area contributed by atoms with Gasteiger partial charge in [0.1, 0.15) is 36.8 Å². The lowest BCUT2D eigenvalue weighted by Crippen LogP contribution is -2.34. The van der Waals surface area contributed by atoms with Gasteiger partial charge >= 0.3 is 0 Å². The molecule has 11 heteroatoms. The number of nitrogens with two attached hydrogens (primary N) is 1. The highest BCUT2D eigenvalue weighted by molar-refractivity contribution is 5.81. The van der Waals surface area contributed by atoms with E-state index < -0.39 is 24.5 Å². The maximum atomic E-state index is 10.3. The number of aromatic nitrogens is 4. The standard InChI is InChI=1S/C14H21N7O4/c1-7(2)3-19-20-24-4-8-10(22)11(23)14(25-8)21-6-18-9-12(15)16-5-17-13(9)21/h3,5-8,10-11,14,20,22-23H,4H2,1-2H3,(H2,15,16,17)/t8-,10-,11-,14-/m1/s1. The number of nitrogens with one attached hydrogen (secondary N) is 1. The maximum Gasteiger partial charge on any atom is 0.167 e. The summed E-state index contributed by atoms with van der Waals surface area (Å²) in [5, 5.41) is 24.3. The van der Waals surface area contributed by atoms with Crippen LogP contribution >= 0.6 is 0 Å². The monoisotopic (exact) mass is 351 g/mol. The molecule has 0 spiro atoms. The van der Waals surface area contributed by atoms with Crippen LogP contribution in [0.15, 0.2) is 17.8 Å². The van der Waals surface area contributed by atoms with E-state index in [9.17, 15) is 10.2 Å². The van der Waals surface area contributed by atoms with Crippen LogP contribution in [0.1, 0.15) is 20.1 Å². The third-order valence-corrected chi connectivity index (χ3v) is 3.74. The molecule has 0 radical (unpaired) electrons. The molecule has 0 aliphatic carbocycles. The number of hydrogen-bond acceptors (Lipinski definition) is 10. The third kappa shape index (κ3) is 3.54. The molecule has 3 rings (SSSR count). The second kappa shape index (κ2) is 7.27. The zero-order valence-corrected chi connectivity index (χ0v) is 13.9. The smallest absolute Gasteiger partial charge is 0.167 e. The number of rotatable bonds is 6. The Hall–Kier alpha value is -2.34. The molecule has 25 heavy (non-hydrogen) atoms. The molecule has 0 unspecified atom stereocenters. The molecule has 136 valence electrons. The topological polar surface area (TPSA) is 153 Å². The molecule has 1 saturated heterocycles. The first-order valence-corrected chi connectivity index (χ1v) is 7.83. The van der Waals surface area contributed by atoms with Crippen LogP contribution in [0.5, 0.6) is 0 Å². The zero-order chi connectivity index (χ0) is 18.0. The fraction of sp³-hybridized carbons (Fsp3) is 0.571. The predicted octanol–water partition coefficient (Wildman–Crippen LogP) is -0.809. The molecule has 1 fully saturated rings. The van der Waals surface area contributed by atoms with Crippen LogP contribution in [-0.2, 0) is 9.57 Å². The number of aliphatic hydroxyl groups is 2. The largest absolute Gasteiger partial charge is 0.387 e. The molecule has 4 atom stereocenters. The summed E-state index contributed by atoms with van der Waals surface area (Å²) in [5.74, 6) is 0.503. The second-order valence-electron chi connectivity index (χ2n) is 6.05. The number of anilines is 1. The van der Waals surface area contributed by atoms with Gasteiger partial charge in [-0.2, -0.15) is 10.7 Å². The molecule has 2 aromatic heterocycles. The van der Waals surface area contributed by atoms with E-state index in [2.05, 4.69) is 25.6 Å². The number of nitrogens with zero attached hydrogens (tertiary/aromatic N) is 5. The first-order chi connectivity index (χ1) is 12.0. The molecule has 0 amide bonds. The number of aliphatic hydroxyl groups excluding tert-OH is 2. The minimum atomic E-state index is -1.18. The molecule has 3 heterocycles. The highest BCUT2D eigenvalue weighted by Gasteiger charge is 2.44. The Bertz CT molecular complexity index is 750. The minimum Gasteiger partial charge on any atom is -0.387 e. The van der Waals surface area contributed by atoms with Gasteiger partial charge < -0.3 is 20.7 Å². The van der Waals surface area contributed by atoms with Gasteiger partial charge in [-0.05, 0) is 5.92 Å². The number of nitrogen functional groups attached to an aromatic ring is 1. The van der Waals surface area contributed by atoms with E-state index in [1.165, 1.54) is 17.2 Å². The van der Waals surface area contributed by atoms with Gasteiger partial charge in [0, 0.05) is 6.21 Å². The van der Waals surface area contributed by atoms with E-state index >= 15 is 0 Å². The van der Waals surface area contributed by atoms with E-state index in [0.717, 1.165) is 0 Å². The average Bonchev–Trinajstić information content (AvgIpc) is 3.11. The van der Waals surface area contributed by atoms with Crippen LogP contribution in [0.4, 0.5) is 5.82 Å². The van der Waals surface area contributed by atoms with Gasteiger partial charge in [0.2, 0.25) is 0 Å². The number of imidazole rings is 1. The first kappa shape index (κ1) is 17.5. The van der Waals surface area contributed by atoms with Crippen molar-refractivity contribution in [3.8, 4) is 0 Å². The van der Waals surface area contributed by atoms with Crippen LogP contribution in [0.25, 0.3) is 11.2 Å². The summed E-state index contributed by atoms with van der Waals surface area (Å²) >= 11 is 0. The molecule has 0 bridgehead atoms. The van der Waals surface area contributed by atoms with Crippen molar-refractivity contribution in [3.05, 3.63) is 12.7 Å². The van der Waals surface area contributed by atoms with E-state index in [4.69, 9.17) is 15.3 Å². The van der Waals surface area contributed by atoms with E-state index in [1.807, 2.05) is 13.8 Å². The number of hydrazone groups is 1. The zero-order valence-electron chi connectivity index (χ0n) is 13.9. The van der Waals surface area contributed by atoms with Crippen molar-refractivity contribution in [3.63, 3.8) is 0 Å². The number of ether oxygens (including phenoxy) is 1. The van der Waals surface area contributed by atoms with Crippen molar-refractivity contribution >= 4 is 23.2 Å². The second-order valence-corrected chi connectivity index (χ2v) is 6.05. The molecule has 2 aromatic rings. The van der Waals surface area contributed by atoms with E-state index in [1.54, 1.807) is 6.21 Å². The summed E-state index contributed by atoms with van der Waals surface area (Å²) in [7, 11) is 0. The molecular formula is C14H21N7O4. The third-order valence-electron chi connectivity index (χ3n) is 3.74. The van der Waals surface area contributed by atoms with Crippen LogP contribution in [0, 0.1) is 5.92 Å². The molecule has 11 nitrogen and oxygen atoms in total. The van der Waals surface area contributed by atoms with Crippen molar-refractivity contribution in [1.29, 1.82) is 0 Å². The van der Waals surface area contributed by atoms with E-state index in [-0.39, 0.29) is 18.3 Å². The van der Waals surface area contributed by atoms with Gasteiger partial charge in [-0.15, -0.1) is 0 Å². The molecule has 5 N–H and O–H groups in total. The summed E-state index contributed by atoms with van der Waals surface area (Å²) in [4.78, 5) is 17.2. The minimum absolute atomic E-state index is 0.00604. The van der Waals surface area contributed by atoms with Crippen LogP contribution in [0.3, 0.4) is 0 Å². The Morgan fingerprint density at radius 2 is 2.20 bits per heavy atom. The molecule has 1 aliphatic rings. The highest BCUT2D eigenvalue weighted by atomic mass is 16.7. The van der Waals surface area contributed by atoms with E-state index in [0.29, 0.717) is 11.2 Å². The Balaban J connectivity index is 1.68. The summed E-state index contributed by atoms with van der Waals surface area (Å²) in [5.41, 5.74) is 8.97. The molecule has 0 saturated carbocycles. The van der Waals surface area contributed by atoms with Gasteiger partial charge in [-0.25, -0.2) is 15.0 Å². The number of hydrogen-bond donors (Lipinski definition) is 4.